The molecule has 1 rings (SSSR count). The van der Waals surface area contributed by atoms with E-state index in [9.17, 15) is 4.79 Å². The van der Waals surface area contributed by atoms with Crippen molar-refractivity contribution < 1.29 is 9.53 Å². The van der Waals surface area contributed by atoms with Crippen LogP contribution < -0.4 is 0 Å². The number of carbonyl (C=O) groups excluding carboxylic acids is 1. The Bertz CT molecular complexity index is 431. The zero-order chi connectivity index (χ0) is 12.1. The number of hydrogen-bond donors (Lipinski definition) is 0. The molecule has 0 radical (unpaired) electrons. The summed E-state index contributed by atoms with van der Waals surface area (Å²) in [5, 5.41) is 8.88. The van der Waals surface area contributed by atoms with Crippen LogP contribution in [0.15, 0.2) is 16.6 Å². The smallest absolute Gasteiger partial charge is 0.310 e. The Morgan fingerprint density at radius 2 is 2.31 bits per heavy atom. The summed E-state index contributed by atoms with van der Waals surface area (Å²) in [4.78, 5) is 11.3. The molecular weight excluding hydrogens is 385 g/mol. The summed E-state index contributed by atoms with van der Waals surface area (Å²) < 4.78 is 6.40. The maximum Gasteiger partial charge on any atom is 0.310 e. The van der Waals surface area contributed by atoms with Crippen molar-refractivity contribution in [1.29, 1.82) is 5.26 Å². The normalized spacial score (nSPS) is 9.62. The van der Waals surface area contributed by atoms with Gasteiger partial charge in [-0.1, -0.05) is 0 Å². The van der Waals surface area contributed by atoms with E-state index in [4.69, 9.17) is 10.00 Å². The largest absolute Gasteiger partial charge is 0.466 e. The lowest BCUT2D eigenvalue weighted by atomic mass is 10.1. The van der Waals surface area contributed by atoms with Crippen LogP contribution in [-0.4, -0.2) is 12.6 Å². The highest BCUT2D eigenvalue weighted by Crippen LogP contribution is 2.24. The lowest BCUT2D eigenvalue weighted by molar-refractivity contribution is -0.142. The standard InChI is InChI=1S/C11H9BrINO2/c1-2-16-11(15)5-7-3-9(12)8(6-14)10(13)4-7/h3-4H,2,5H2,1H3. The predicted molar refractivity (Wildman–Crippen MR) is 71.9 cm³/mol. The molecule has 0 aliphatic carbocycles. The van der Waals surface area contributed by atoms with Gasteiger partial charge in [0.15, 0.2) is 0 Å². The van der Waals surface area contributed by atoms with Crippen molar-refractivity contribution in [1.82, 2.24) is 0 Å². The number of nitriles is 1. The molecule has 0 fully saturated rings. The van der Waals surface area contributed by atoms with Crippen LogP contribution in [0.2, 0.25) is 0 Å². The second-order valence-corrected chi connectivity index (χ2v) is 5.04. The molecule has 0 aliphatic heterocycles. The topological polar surface area (TPSA) is 50.1 Å². The molecule has 0 amide bonds. The average molecular weight is 394 g/mol. The summed E-state index contributed by atoms with van der Waals surface area (Å²) in [5.41, 5.74) is 1.43. The van der Waals surface area contributed by atoms with E-state index in [0.29, 0.717) is 16.6 Å². The molecule has 0 saturated heterocycles. The Labute approximate surface area is 116 Å². The molecule has 0 spiro atoms. The van der Waals surface area contributed by atoms with Gasteiger partial charge in [-0.15, -0.1) is 0 Å². The van der Waals surface area contributed by atoms with Gasteiger partial charge in [0.25, 0.3) is 0 Å². The third-order valence-corrected chi connectivity index (χ3v) is 3.34. The first-order valence-corrected chi connectivity index (χ1v) is 6.49. The van der Waals surface area contributed by atoms with Crippen molar-refractivity contribution >= 4 is 44.5 Å². The Balaban J connectivity index is 2.93. The first kappa shape index (κ1) is 13.5. The van der Waals surface area contributed by atoms with E-state index in [1.54, 1.807) is 13.0 Å². The number of carbonyl (C=O) groups is 1. The first-order valence-electron chi connectivity index (χ1n) is 4.62. The number of halogens is 2. The molecule has 5 heteroatoms. The molecule has 0 unspecified atom stereocenters. The Morgan fingerprint density at radius 3 is 2.81 bits per heavy atom. The van der Waals surface area contributed by atoms with Crippen LogP contribution in [-0.2, 0) is 16.0 Å². The molecular formula is C11H9BrINO2. The van der Waals surface area contributed by atoms with E-state index in [-0.39, 0.29) is 12.4 Å². The van der Waals surface area contributed by atoms with E-state index in [2.05, 4.69) is 44.6 Å². The fraction of sp³-hybridized carbons (Fsp3) is 0.273. The fourth-order valence-electron chi connectivity index (χ4n) is 1.21. The highest BCUT2D eigenvalue weighted by Gasteiger charge is 2.10. The fourth-order valence-corrected chi connectivity index (χ4v) is 2.99. The second-order valence-electron chi connectivity index (χ2n) is 3.03. The molecule has 16 heavy (non-hydrogen) atoms. The minimum absolute atomic E-state index is 0.230. The van der Waals surface area contributed by atoms with E-state index in [1.165, 1.54) is 0 Å². The number of hydrogen-bond acceptors (Lipinski definition) is 3. The molecule has 0 atom stereocenters. The van der Waals surface area contributed by atoms with Crippen LogP contribution in [0, 0.1) is 14.9 Å². The van der Waals surface area contributed by atoms with E-state index < -0.39 is 0 Å². The molecule has 3 nitrogen and oxygen atoms in total. The number of nitrogens with zero attached hydrogens (tertiary/aromatic N) is 1. The van der Waals surface area contributed by atoms with Crippen LogP contribution >= 0.6 is 38.5 Å². The maximum atomic E-state index is 11.3. The van der Waals surface area contributed by atoms with Crippen molar-refractivity contribution in [2.75, 3.05) is 6.61 Å². The van der Waals surface area contributed by atoms with Crippen LogP contribution in [0.1, 0.15) is 18.1 Å². The van der Waals surface area contributed by atoms with Gasteiger partial charge in [0.1, 0.15) is 6.07 Å². The summed E-state index contributed by atoms with van der Waals surface area (Å²) in [7, 11) is 0. The van der Waals surface area contributed by atoms with Crippen molar-refractivity contribution in [2.24, 2.45) is 0 Å². The first-order chi connectivity index (χ1) is 7.58. The minimum Gasteiger partial charge on any atom is -0.466 e. The van der Waals surface area contributed by atoms with Gasteiger partial charge in [-0.05, 0) is 63.1 Å². The van der Waals surface area contributed by atoms with Gasteiger partial charge in [-0.2, -0.15) is 5.26 Å². The van der Waals surface area contributed by atoms with Gasteiger partial charge in [-0.25, -0.2) is 0 Å². The third-order valence-electron chi connectivity index (χ3n) is 1.87. The summed E-state index contributed by atoms with van der Waals surface area (Å²) in [6, 6.07) is 5.69. The SMILES string of the molecule is CCOC(=O)Cc1cc(Br)c(C#N)c(I)c1. The molecule has 0 aromatic heterocycles. The van der Waals surface area contributed by atoms with Gasteiger partial charge in [-0.3, -0.25) is 4.79 Å². The number of rotatable bonds is 3. The molecule has 0 aliphatic rings. The Morgan fingerprint density at radius 1 is 1.62 bits per heavy atom. The summed E-state index contributed by atoms with van der Waals surface area (Å²) in [5.74, 6) is -0.255. The van der Waals surface area contributed by atoms with Crippen LogP contribution in [0.5, 0.6) is 0 Å². The van der Waals surface area contributed by atoms with Gasteiger partial charge in [0.2, 0.25) is 0 Å². The zero-order valence-corrected chi connectivity index (χ0v) is 12.3. The van der Waals surface area contributed by atoms with Gasteiger partial charge in [0.05, 0.1) is 18.6 Å². The van der Waals surface area contributed by atoms with E-state index in [1.807, 2.05) is 6.07 Å². The summed E-state index contributed by atoms with van der Waals surface area (Å²) in [6.45, 7) is 2.16. The average Bonchev–Trinajstić information content (AvgIpc) is 2.17. The molecule has 84 valence electrons. The van der Waals surface area contributed by atoms with Crippen molar-refractivity contribution in [2.45, 2.75) is 13.3 Å². The van der Waals surface area contributed by atoms with Crippen LogP contribution in [0.3, 0.4) is 0 Å². The van der Waals surface area contributed by atoms with Gasteiger partial charge >= 0.3 is 5.97 Å². The summed E-state index contributed by atoms with van der Waals surface area (Å²) in [6.07, 6.45) is 0.230. The molecule has 0 saturated carbocycles. The van der Waals surface area contributed by atoms with E-state index >= 15 is 0 Å². The van der Waals surface area contributed by atoms with E-state index in [0.717, 1.165) is 9.13 Å². The van der Waals surface area contributed by atoms with Crippen LogP contribution in [0.25, 0.3) is 0 Å². The Kier molecular flexibility index (Phi) is 5.22. The highest BCUT2D eigenvalue weighted by atomic mass is 127. The second kappa shape index (κ2) is 6.21. The van der Waals surface area contributed by atoms with Crippen molar-refractivity contribution in [3.63, 3.8) is 0 Å². The van der Waals surface area contributed by atoms with Crippen molar-refractivity contribution in [3.05, 3.63) is 31.3 Å². The Hall–Kier alpha value is -0.610. The molecule has 1 aromatic rings. The van der Waals surface area contributed by atoms with Gasteiger partial charge < -0.3 is 4.74 Å². The third kappa shape index (κ3) is 3.46. The van der Waals surface area contributed by atoms with Crippen molar-refractivity contribution in [3.8, 4) is 6.07 Å². The lowest BCUT2D eigenvalue weighted by Gasteiger charge is -2.05. The summed E-state index contributed by atoms with van der Waals surface area (Å²) >= 11 is 5.38. The highest BCUT2D eigenvalue weighted by molar-refractivity contribution is 14.1. The lowest BCUT2D eigenvalue weighted by Crippen LogP contribution is -2.07. The van der Waals surface area contributed by atoms with Gasteiger partial charge in [0, 0.05) is 8.04 Å². The monoisotopic (exact) mass is 393 g/mol. The predicted octanol–water partition coefficient (Wildman–Crippen LogP) is 3.03. The maximum absolute atomic E-state index is 11.3. The van der Waals surface area contributed by atoms with Crippen LogP contribution in [0.4, 0.5) is 0 Å². The quantitative estimate of drug-likeness (QED) is 0.585. The molecule has 0 bridgehead atoms. The number of esters is 1. The molecule has 0 N–H and O–H groups in total. The number of ether oxygens (including phenoxy) is 1. The molecule has 1 aromatic carbocycles. The molecule has 0 heterocycles. The number of benzene rings is 1. The minimum atomic E-state index is -0.255. The zero-order valence-electron chi connectivity index (χ0n) is 8.59.